The molecule has 0 aromatic rings. The minimum absolute atomic E-state index is 0.0258. The first-order chi connectivity index (χ1) is 3.97. The second kappa shape index (κ2) is 1.89. The molecular formula is C5H10O2S2. The van der Waals surface area contributed by atoms with Crippen LogP contribution in [0, 0.1) is 5.41 Å². The predicted molar refractivity (Wildman–Crippen MR) is 40.6 cm³/mol. The van der Waals surface area contributed by atoms with Gasteiger partial charge in [-0.15, -0.1) is 0 Å². The molecule has 1 saturated heterocycles. The van der Waals surface area contributed by atoms with Crippen LogP contribution in [0.25, 0.3) is 0 Å². The van der Waals surface area contributed by atoms with Crippen molar-refractivity contribution in [3.05, 3.63) is 0 Å². The van der Waals surface area contributed by atoms with Gasteiger partial charge in [0, 0.05) is 5.41 Å². The number of sulfone groups is 1. The van der Waals surface area contributed by atoms with Crippen LogP contribution in [-0.2, 0) is 9.84 Å². The highest BCUT2D eigenvalue weighted by Crippen LogP contribution is 2.32. The molecule has 54 valence electrons. The maximum Gasteiger partial charge on any atom is 0.151 e. The van der Waals surface area contributed by atoms with E-state index in [-0.39, 0.29) is 5.41 Å². The first kappa shape index (κ1) is 7.41. The van der Waals surface area contributed by atoms with E-state index in [0.717, 1.165) is 0 Å². The van der Waals surface area contributed by atoms with Gasteiger partial charge < -0.3 is 0 Å². The maximum absolute atomic E-state index is 10.6. The lowest BCUT2D eigenvalue weighted by molar-refractivity contribution is 0.421. The summed E-state index contributed by atoms with van der Waals surface area (Å²) in [6.45, 7) is 1.95. The zero-order valence-electron chi connectivity index (χ0n) is 5.29. The van der Waals surface area contributed by atoms with E-state index in [1.54, 1.807) is 0 Å². The quantitative estimate of drug-likeness (QED) is 0.570. The normalized spacial score (nSPS) is 29.1. The lowest BCUT2D eigenvalue weighted by Crippen LogP contribution is -2.47. The summed E-state index contributed by atoms with van der Waals surface area (Å²) in [4.78, 5) is 0. The second-order valence-electron chi connectivity index (χ2n) is 3.00. The van der Waals surface area contributed by atoms with Gasteiger partial charge in [0.25, 0.3) is 0 Å². The van der Waals surface area contributed by atoms with E-state index in [4.69, 9.17) is 0 Å². The summed E-state index contributed by atoms with van der Waals surface area (Å²) in [7, 11) is -2.65. The minimum atomic E-state index is -2.65. The van der Waals surface area contributed by atoms with E-state index in [1.165, 1.54) is 0 Å². The second-order valence-corrected chi connectivity index (χ2v) is 5.38. The van der Waals surface area contributed by atoms with Gasteiger partial charge in [0.15, 0.2) is 9.84 Å². The molecule has 2 nitrogen and oxygen atoms in total. The molecule has 0 bridgehead atoms. The van der Waals surface area contributed by atoms with Crippen molar-refractivity contribution >= 4 is 22.5 Å². The van der Waals surface area contributed by atoms with Gasteiger partial charge in [-0.3, -0.25) is 0 Å². The topological polar surface area (TPSA) is 34.1 Å². The largest absolute Gasteiger partial charge is 0.229 e. The zero-order valence-corrected chi connectivity index (χ0v) is 7.00. The van der Waals surface area contributed by atoms with Crippen LogP contribution in [0.15, 0.2) is 0 Å². The average Bonchev–Trinajstić information content (AvgIpc) is 1.61. The summed E-state index contributed by atoms with van der Waals surface area (Å²) in [6, 6.07) is 0. The van der Waals surface area contributed by atoms with Gasteiger partial charge in [0.1, 0.15) is 0 Å². The molecule has 0 atom stereocenters. The summed E-state index contributed by atoms with van der Waals surface area (Å²) < 4.78 is 21.3. The summed E-state index contributed by atoms with van der Waals surface area (Å²) in [5, 5.41) is 0. The van der Waals surface area contributed by atoms with E-state index >= 15 is 0 Å². The molecule has 1 aliphatic heterocycles. The molecule has 0 radical (unpaired) electrons. The number of hydrogen-bond acceptors (Lipinski definition) is 3. The summed E-state index contributed by atoms with van der Waals surface area (Å²) in [5.41, 5.74) is -0.0258. The van der Waals surface area contributed by atoms with Gasteiger partial charge in [-0.1, -0.05) is 6.92 Å². The Bertz CT molecular complexity index is 193. The van der Waals surface area contributed by atoms with Gasteiger partial charge in [-0.05, 0) is 5.75 Å². The van der Waals surface area contributed by atoms with Crippen molar-refractivity contribution < 1.29 is 8.42 Å². The smallest absolute Gasteiger partial charge is 0.151 e. The number of thiol groups is 1. The van der Waals surface area contributed by atoms with Crippen LogP contribution in [0.4, 0.5) is 0 Å². The highest BCUT2D eigenvalue weighted by molar-refractivity contribution is 7.93. The van der Waals surface area contributed by atoms with Crippen LogP contribution in [0.1, 0.15) is 6.92 Å². The van der Waals surface area contributed by atoms with Crippen molar-refractivity contribution in [2.45, 2.75) is 6.92 Å². The van der Waals surface area contributed by atoms with Crippen LogP contribution in [0.2, 0.25) is 0 Å². The van der Waals surface area contributed by atoms with Gasteiger partial charge in [0.2, 0.25) is 0 Å². The van der Waals surface area contributed by atoms with E-state index in [1.807, 2.05) is 6.92 Å². The first-order valence-corrected chi connectivity index (χ1v) is 5.24. The Balaban J connectivity index is 2.61. The minimum Gasteiger partial charge on any atom is -0.229 e. The summed E-state index contributed by atoms with van der Waals surface area (Å²) >= 11 is 4.05. The van der Waals surface area contributed by atoms with E-state index in [2.05, 4.69) is 12.6 Å². The molecule has 1 rings (SSSR count). The number of hydrogen-bond donors (Lipinski definition) is 1. The Kier molecular flexibility index (Phi) is 1.56. The first-order valence-electron chi connectivity index (χ1n) is 2.79. The SMILES string of the molecule is CC1(CS)CS(=O)(=O)C1. The molecule has 0 aromatic carbocycles. The Morgan fingerprint density at radius 3 is 2.11 bits per heavy atom. The van der Waals surface area contributed by atoms with E-state index in [9.17, 15) is 8.42 Å². The molecule has 1 aliphatic rings. The van der Waals surface area contributed by atoms with Crippen molar-refractivity contribution in [2.75, 3.05) is 17.3 Å². The van der Waals surface area contributed by atoms with E-state index in [0.29, 0.717) is 17.3 Å². The van der Waals surface area contributed by atoms with Crippen molar-refractivity contribution in [1.82, 2.24) is 0 Å². The predicted octanol–water partition coefficient (Wildman–Crippen LogP) is 0.351. The van der Waals surface area contributed by atoms with Gasteiger partial charge in [0.05, 0.1) is 11.5 Å². The summed E-state index contributed by atoms with van der Waals surface area (Å²) in [5.74, 6) is 1.32. The third-order valence-corrected chi connectivity index (χ3v) is 4.56. The summed E-state index contributed by atoms with van der Waals surface area (Å²) in [6.07, 6.45) is 0. The van der Waals surface area contributed by atoms with E-state index < -0.39 is 9.84 Å². The Labute approximate surface area is 61.0 Å². The molecule has 4 heteroatoms. The third kappa shape index (κ3) is 1.41. The lowest BCUT2D eigenvalue weighted by Gasteiger charge is -2.35. The molecule has 0 N–H and O–H groups in total. The van der Waals surface area contributed by atoms with Crippen molar-refractivity contribution in [1.29, 1.82) is 0 Å². The molecule has 1 heterocycles. The van der Waals surface area contributed by atoms with Crippen molar-refractivity contribution in [3.8, 4) is 0 Å². The highest BCUT2D eigenvalue weighted by atomic mass is 32.2. The van der Waals surface area contributed by atoms with Crippen LogP contribution in [0.3, 0.4) is 0 Å². The molecule has 0 saturated carbocycles. The molecule has 0 unspecified atom stereocenters. The van der Waals surface area contributed by atoms with Crippen molar-refractivity contribution in [3.63, 3.8) is 0 Å². The zero-order chi connectivity index (χ0) is 7.12. The molecule has 1 fully saturated rings. The Morgan fingerprint density at radius 1 is 1.56 bits per heavy atom. The van der Waals surface area contributed by atoms with Crippen molar-refractivity contribution in [2.24, 2.45) is 5.41 Å². The Morgan fingerprint density at radius 2 is 2.00 bits per heavy atom. The monoisotopic (exact) mass is 166 g/mol. The Hall–Kier alpha value is 0.300. The van der Waals surface area contributed by atoms with Crippen LogP contribution >= 0.6 is 12.6 Å². The molecular weight excluding hydrogens is 156 g/mol. The fraction of sp³-hybridized carbons (Fsp3) is 1.00. The molecule has 9 heavy (non-hydrogen) atoms. The van der Waals surface area contributed by atoms with Crippen LogP contribution in [-0.4, -0.2) is 25.7 Å². The lowest BCUT2D eigenvalue weighted by atomic mass is 9.98. The van der Waals surface area contributed by atoms with Gasteiger partial charge in [-0.25, -0.2) is 8.42 Å². The highest BCUT2D eigenvalue weighted by Gasteiger charge is 2.43. The van der Waals surface area contributed by atoms with Crippen LogP contribution in [0.5, 0.6) is 0 Å². The fourth-order valence-corrected chi connectivity index (χ4v) is 3.88. The fourth-order valence-electron chi connectivity index (χ4n) is 1.11. The van der Waals surface area contributed by atoms with Crippen LogP contribution < -0.4 is 0 Å². The molecule has 0 aliphatic carbocycles. The molecule has 0 spiro atoms. The molecule has 0 aromatic heterocycles. The maximum atomic E-state index is 10.6. The number of rotatable bonds is 1. The third-order valence-electron chi connectivity index (χ3n) is 1.52. The standard InChI is InChI=1S/C5H10O2S2/c1-5(2-8)3-9(6,7)4-5/h8H,2-4H2,1H3. The van der Waals surface area contributed by atoms with Gasteiger partial charge >= 0.3 is 0 Å². The molecule has 0 amide bonds. The average molecular weight is 166 g/mol. The van der Waals surface area contributed by atoms with Gasteiger partial charge in [-0.2, -0.15) is 12.6 Å².